The molecule has 0 aliphatic carbocycles. The molecule has 0 unspecified atom stereocenters. The van der Waals surface area contributed by atoms with E-state index < -0.39 is 0 Å². The minimum Gasteiger partial charge on any atom is -0.377 e. The molecule has 2 aromatic heterocycles. The van der Waals surface area contributed by atoms with Crippen molar-refractivity contribution in [2.45, 2.75) is 26.3 Å². The Morgan fingerprint density at radius 2 is 2.11 bits per heavy atom. The van der Waals surface area contributed by atoms with Crippen molar-refractivity contribution in [3.05, 3.63) is 65.1 Å². The minimum atomic E-state index is -0.349. The highest BCUT2D eigenvalue weighted by Crippen LogP contribution is 2.31. The molecule has 1 fully saturated rings. The van der Waals surface area contributed by atoms with Gasteiger partial charge in [0.25, 0.3) is 0 Å². The fraction of sp³-hybridized carbons (Fsp3) is 0.350. The first-order valence-corrected chi connectivity index (χ1v) is 9.13. The zero-order valence-electron chi connectivity index (χ0n) is 15.8. The minimum absolute atomic E-state index is 0.0559. The summed E-state index contributed by atoms with van der Waals surface area (Å²) in [5.74, 6) is -0.404. The summed E-state index contributed by atoms with van der Waals surface area (Å²) in [6.45, 7) is 5.08. The summed E-state index contributed by atoms with van der Waals surface area (Å²) in [4.78, 5) is 14.7. The summed E-state index contributed by atoms with van der Waals surface area (Å²) in [5.41, 5.74) is 3.39. The van der Waals surface area contributed by atoms with Crippen LogP contribution in [0.1, 0.15) is 28.7 Å². The molecule has 146 valence electrons. The van der Waals surface area contributed by atoms with E-state index in [1.54, 1.807) is 33.8 Å². The van der Waals surface area contributed by atoms with E-state index >= 15 is 0 Å². The second-order valence-corrected chi connectivity index (χ2v) is 6.79. The molecule has 0 bridgehead atoms. The maximum Gasteiger partial charge on any atom is 0.229 e. The van der Waals surface area contributed by atoms with Gasteiger partial charge in [0, 0.05) is 23.9 Å². The van der Waals surface area contributed by atoms with Gasteiger partial charge in [-0.1, -0.05) is 17.3 Å². The number of carbonyl (C=O) groups excluding carboxylic acids is 1. The molecule has 1 aliphatic rings. The van der Waals surface area contributed by atoms with Gasteiger partial charge in [0.2, 0.25) is 5.91 Å². The van der Waals surface area contributed by atoms with Crippen LogP contribution in [0.2, 0.25) is 0 Å². The predicted octanol–water partition coefficient (Wildman–Crippen LogP) is 2.76. The Labute approximate surface area is 161 Å². The molecule has 0 spiro atoms. The molecule has 4 rings (SSSR count). The second kappa shape index (κ2) is 7.55. The molecule has 1 atom stereocenters. The van der Waals surface area contributed by atoms with Gasteiger partial charge in [0.1, 0.15) is 17.8 Å². The van der Waals surface area contributed by atoms with Gasteiger partial charge in [-0.25, -0.2) is 9.07 Å². The molecule has 0 radical (unpaired) electrons. The summed E-state index contributed by atoms with van der Waals surface area (Å²) in [5, 5.41) is 8.37. The Morgan fingerprint density at radius 3 is 2.86 bits per heavy atom. The normalized spacial score (nSPS) is 17.1. The van der Waals surface area contributed by atoms with Crippen molar-refractivity contribution in [2.24, 2.45) is 0 Å². The molecule has 1 amide bonds. The van der Waals surface area contributed by atoms with Crippen LogP contribution in [0.5, 0.6) is 0 Å². The number of aryl methyl sites for hydroxylation is 1. The predicted molar refractivity (Wildman–Crippen MR) is 98.5 cm³/mol. The van der Waals surface area contributed by atoms with E-state index in [0.29, 0.717) is 31.1 Å². The number of para-hydroxylation sites is 1. The smallest absolute Gasteiger partial charge is 0.229 e. The van der Waals surface area contributed by atoms with E-state index in [9.17, 15) is 9.18 Å². The fourth-order valence-electron chi connectivity index (χ4n) is 3.72. The van der Waals surface area contributed by atoms with Crippen LogP contribution in [0.3, 0.4) is 0 Å². The third kappa shape index (κ3) is 3.31. The van der Waals surface area contributed by atoms with Gasteiger partial charge in [-0.3, -0.25) is 4.79 Å². The number of hydrogen-bond donors (Lipinski definition) is 0. The van der Waals surface area contributed by atoms with Crippen molar-refractivity contribution >= 4 is 5.91 Å². The van der Waals surface area contributed by atoms with Gasteiger partial charge < -0.3 is 14.2 Å². The van der Waals surface area contributed by atoms with Crippen LogP contribution in [0, 0.1) is 19.7 Å². The average molecular weight is 384 g/mol. The Hall–Kier alpha value is -3.00. The number of aromatic nitrogens is 3. The lowest BCUT2D eigenvalue weighted by Crippen LogP contribution is -2.44. The van der Waals surface area contributed by atoms with Gasteiger partial charge in [-0.2, -0.15) is 5.10 Å². The van der Waals surface area contributed by atoms with Crippen LogP contribution in [0.15, 0.2) is 41.1 Å². The lowest BCUT2D eigenvalue weighted by molar-refractivity contribution is -0.139. The van der Waals surface area contributed by atoms with Gasteiger partial charge >= 0.3 is 0 Å². The number of hydrogen-bond acceptors (Lipinski definition) is 5. The summed E-state index contributed by atoms with van der Waals surface area (Å²) in [6, 6.07) is 7.90. The van der Waals surface area contributed by atoms with Crippen LogP contribution in [0.25, 0.3) is 5.69 Å². The molecule has 0 N–H and O–H groups in total. The second-order valence-electron chi connectivity index (χ2n) is 6.79. The first-order chi connectivity index (χ1) is 13.6. The van der Waals surface area contributed by atoms with E-state index in [-0.39, 0.29) is 24.2 Å². The highest BCUT2D eigenvalue weighted by atomic mass is 19.1. The van der Waals surface area contributed by atoms with E-state index in [4.69, 9.17) is 9.26 Å². The monoisotopic (exact) mass is 384 g/mol. The Balaban J connectivity index is 1.68. The first kappa shape index (κ1) is 18.4. The number of carbonyl (C=O) groups is 1. The maximum atomic E-state index is 14.3. The number of morpholine rings is 1. The van der Waals surface area contributed by atoms with E-state index in [0.717, 1.165) is 17.0 Å². The molecule has 8 heteroatoms. The third-order valence-corrected chi connectivity index (χ3v) is 5.03. The van der Waals surface area contributed by atoms with E-state index in [2.05, 4.69) is 10.3 Å². The number of nitrogens with zero attached hydrogens (tertiary/aromatic N) is 4. The Morgan fingerprint density at radius 1 is 1.29 bits per heavy atom. The standard InChI is InChI=1S/C20H21FN4O3/c1-13-20(14(2)25(22-13)17-6-4-3-5-16(17)21)18-12-27-10-8-24(18)19(26)11-15-7-9-28-23-15/h3-7,9,18H,8,10-12H2,1-2H3/t18-/m1/s1. The van der Waals surface area contributed by atoms with Gasteiger partial charge in [0.05, 0.1) is 37.1 Å². The number of rotatable bonds is 4. The van der Waals surface area contributed by atoms with E-state index in [1.165, 1.54) is 12.3 Å². The lowest BCUT2D eigenvalue weighted by Gasteiger charge is -2.36. The lowest BCUT2D eigenvalue weighted by atomic mass is 10.0. The number of benzene rings is 1. The van der Waals surface area contributed by atoms with Crippen LogP contribution < -0.4 is 0 Å². The van der Waals surface area contributed by atoms with Gasteiger partial charge in [-0.05, 0) is 26.0 Å². The topological polar surface area (TPSA) is 73.4 Å². The number of halogens is 1. The largest absolute Gasteiger partial charge is 0.377 e. The summed E-state index contributed by atoms with van der Waals surface area (Å²) >= 11 is 0. The molecule has 1 aliphatic heterocycles. The summed E-state index contributed by atoms with van der Waals surface area (Å²) in [7, 11) is 0. The molecular weight excluding hydrogens is 363 g/mol. The molecule has 3 aromatic rings. The van der Waals surface area contributed by atoms with Crippen LogP contribution in [0.4, 0.5) is 4.39 Å². The molecule has 1 aromatic carbocycles. The van der Waals surface area contributed by atoms with Crippen LogP contribution in [-0.2, 0) is 16.0 Å². The van der Waals surface area contributed by atoms with Gasteiger partial charge in [-0.15, -0.1) is 0 Å². The number of ether oxygens (including phenoxy) is 1. The first-order valence-electron chi connectivity index (χ1n) is 9.13. The maximum absolute atomic E-state index is 14.3. The third-order valence-electron chi connectivity index (χ3n) is 5.03. The van der Waals surface area contributed by atoms with Crippen molar-refractivity contribution in [1.82, 2.24) is 19.8 Å². The molecule has 3 heterocycles. The van der Waals surface area contributed by atoms with Crippen LogP contribution >= 0.6 is 0 Å². The van der Waals surface area contributed by atoms with Crippen molar-refractivity contribution in [3.8, 4) is 5.69 Å². The van der Waals surface area contributed by atoms with Crippen molar-refractivity contribution < 1.29 is 18.4 Å². The van der Waals surface area contributed by atoms with Crippen molar-refractivity contribution in [2.75, 3.05) is 19.8 Å². The zero-order valence-corrected chi connectivity index (χ0v) is 15.8. The SMILES string of the molecule is Cc1nn(-c2ccccc2F)c(C)c1[C@H]1COCCN1C(=O)Cc1ccon1. The quantitative estimate of drug-likeness (QED) is 0.692. The number of amides is 1. The molecule has 1 saturated heterocycles. The van der Waals surface area contributed by atoms with E-state index in [1.807, 2.05) is 13.8 Å². The zero-order chi connectivity index (χ0) is 19.7. The Kier molecular flexibility index (Phi) is 4.95. The molecule has 0 saturated carbocycles. The molecular formula is C20H21FN4O3. The molecule has 7 nitrogen and oxygen atoms in total. The summed E-state index contributed by atoms with van der Waals surface area (Å²) < 4.78 is 26.4. The highest BCUT2D eigenvalue weighted by molar-refractivity contribution is 5.79. The fourth-order valence-corrected chi connectivity index (χ4v) is 3.72. The molecule has 28 heavy (non-hydrogen) atoms. The Bertz CT molecular complexity index is 984. The van der Waals surface area contributed by atoms with Crippen molar-refractivity contribution in [3.63, 3.8) is 0 Å². The highest BCUT2D eigenvalue weighted by Gasteiger charge is 2.33. The van der Waals surface area contributed by atoms with Gasteiger partial charge in [0.15, 0.2) is 0 Å². The summed E-state index contributed by atoms with van der Waals surface area (Å²) in [6.07, 6.45) is 1.61. The van der Waals surface area contributed by atoms with Crippen LogP contribution in [-0.4, -0.2) is 45.5 Å². The van der Waals surface area contributed by atoms with Crippen molar-refractivity contribution in [1.29, 1.82) is 0 Å². The average Bonchev–Trinajstić information content (AvgIpc) is 3.30.